The van der Waals surface area contributed by atoms with Crippen LogP contribution in [0.2, 0.25) is 5.02 Å². The van der Waals surface area contributed by atoms with Crippen LogP contribution in [0.5, 0.6) is 0 Å². The first-order valence-corrected chi connectivity index (χ1v) is 8.10. The van der Waals surface area contributed by atoms with Gasteiger partial charge in [0.2, 0.25) is 0 Å². The summed E-state index contributed by atoms with van der Waals surface area (Å²) in [5.74, 6) is 0.735. The van der Waals surface area contributed by atoms with E-state index in [-0.39, 0.29) is 0 Å². The number of nitrogens with one attached hydrogen (secondary N) is 1. The molecule has 1 aromatic carbocycles. The summed E-state index contributed by atoms with van der Waals surface area (Å²) in [4.78, 5) is 2.59. The molecule has 0 radical (unpaired) electrons. The zero-order valence-corrected chi connectivity index (χ0v) is 13.8. The summed E-state index contributed by atoms with van der Waals surface area (Å²) in [6.45, 7) is 11.3. The van der Waals surface area contributed by atoms with E-state index < -0.39 is 0 Å². The van der Waals surface area contributed by atoms with Crippen molar-refractivity contribution in [3.8, 4) is 0 Å². The first kappa shape index (κ1) is 15.8. The molecular formula is C17H27ClN2. The van der Waals surface area contributed by atoms with Crippen LogP contribution in [-0.4, -0.2) is 30.1 Å². The van der Waals surface area contributed by atoms with E-state index in [0.717, 1.165) is 24.0 Å². The molecule has 112 valence electrons. The van der Waals surface area contributed by atoms with Gasteiger partial charge in [-0.3, -0.25) is 4.90 Å². The third kappa shape index (κ3) is 3.75. The maximum atomic E-state index is 6.36. The average molecular weight is 295 g/mol. The van der Waals surface area contributed by atoms with E-state index in [1.165, 1.54) is 12.0 Å². The van der Waals surface area contributed by atoms with Crippen LogP contribution < -0.4 is 5.32 Å². The number of benzene rings is 1. The van der Waals surface area contributed by atoms with Crippen LogP contribution in [0.25, 0.3) is 0 Å². The number of piperazine rings is 1. The normalized spacial score (nSPS) is 25.9. The van der Waals surface area contributed by atoms with Crippen molar-refractivity contribution < 1.29 is 0 Å². The second-order valence-electron chi connectivity index (χ2n) is 6.48. The summed E-state index contributed by atoms with van der Waals surface area (Å²) in [6, 6.07) is 9.74. The molecule has 20 heavy (non-hydrogen) atoms. The van der Waals surface area contributed by atoms with Gasteiger partial charge in [-0.15, -0.1) is 0 Å². The van der Waals surface area contributed by atoms with Crippen molar-refractivity contribution in [3.63, 3.8) is 0 Å². The molecule has 2 rings (SSSR count). The first-order valence-electron chi connectivity index (χ1n) is 7.72. The first-order chi connectivity index (χ1) is 9.49. The van der Waals surface area contributed by atoms with Crippen LogP contribution in [0.3, 0.4) is 0 Å². The van der Waals surface area contributed by atoms with E-state index in [1.54, 1.807) is 0 Å². The largest absolute Gasteiger partial charge is 0.311 e. The van der Waals surface area contributed by atoms with Crippen LogP contribution in [-0.2, 0) is 0 Å². The molecule has 2 nitrogen and oxygen atoms in total. The monoisotopic (exact) mass is 294 g/mol. The highest BCUT2D eigenvalue weighted by Gasteiger charge is 2.29. The lowest BCUT2D eigenvalue weighted by molar-refractivity contribution is 0.0924. The van der Waals surface area contributed by atoms with Crippen LogP contribution in [0.1, 0.15) is 45.7 Å². The predicted octanol–water partition coefficient (Wildman–Crippen LogP) is 4.11. The van der Waals surface area contributed by atoms with Gasteiger partial charge in [0, 0.05) is 36.2 Å². The minimum absolute atomic E-state index is 0.371. The molecule has 1 saturated heterocycles. The van der Waals surface area contributed by atoms with Crippen molar-refractivity contribution in [1.29, 1.82) is 0 Å². The fraction of sp³-hybridized carbons (Fsp3) is 0.647. The van der Waals surface area contributed by atoms with Crippen LogP contribution in [0, 0.1) is 5.92 Å². The average Bonchev–Trinajstić information content (AvgIpc) is 2.40. The summed E-state index contributed by atoms with van der Waals surface area (Å²) in [5, 5.41) is 4.56. The predicted molar refractivity (Wildman–Crippen MR) is 87.3 cm³/mol. The molecule has 0 aromatic heterocycles. The van der Waals surface area contributed by atoms with Gasteiger partial charge in [-0.05, 0) is 37.8 Å². The van der Waals surface area contributed by atoms with E-state index >= 15 is 0 Å². The Balaban J connectivity index is 2.11. The molecule has 0 bridgehead atoms. The SMILES string of the molecule is CC(C)CC1CN(C(C)c2ccccc2Cl)C(C)CN1. The van der Waals surface area contributed by atoms with E-state index in [1.807, 2.05) is 12.1 Å². The molecule has 1 aliphatic heterocycles. The fourth-order valence-electron chi connectivity index (χ4n) is 3.21. The summed E-state index contributed by atoms with van der Waals surface area (Å²) in [5.41, 5.74) is 1.24. The quantitative estimate of drug-likeness (QED) is 0.899. The third-order valence-corrected chi connectivity index (χ3v) is 4.65. The lowest BCUT2D eigenvalue weighted by atomic mass is 9.97. The molecule has 1 heterocycles. The van der Waals surface area contributed by atoms with Crippen molar-refractivity contribution in [3.05, 3.63) is 34.9 Å². The van der Waals surface area contributed by atoms with Gasteiger partial charge in [0.05, 0.1) is 0 Å². The Morgan fingerprint density at radius 2 is 2.00 bits per heavy atom. The molecule has 3 heteroatoms. The standard InChI is InChI=1S/C17H27ClN2/c1-12(2)9-15-11-20(13(3)10-19-15)14(4)16-7-5-6-8-17(16)18/h5-8,12-15,19H,9-11H2,1-4H3. The molecule has 0 aliphatic carbocycles. The highest BCUT2D eigenvalue weighted by atomic mass is 35.5. The van der Waals surface area contributed by atoms with Gasteiger partial charge < -0.3 is 5.32 Å². The lowest BCUT2D eigenvalue weighted by Gasteiger charge is -2.43. The van der Waals surface area contributed by atoms with Gasteiger partial charge in [-0.1, -0.05) is 43.6 Å². The van der Waals surface area contributed by atoms with E-state index in [2.05, 4.69) is 50.0 Å². The topological polar surface area (TPSA) is 15.3 Å². The van der Waals surface area contributed by atoms with Crippen molar-refractivity contribution in [2.45, 2.75) is 52.2 Å². The maximum Gasteiger partial charge on any atom is 0.0453 e. The zero-order valence-electron chi connectivity index (χ0n) is 13.1. The Labute approximate surface area is 128 Å². The molecule has 1 aromatic rings. The lowest BCUT2D eigenvalue weighted by Crippen LogP contribution is -2.56. The van der Waals surface area contributed by atoms with Gasteiger partial charge in [-0.2, -0.15) is 0 Å². The minimum atomic E-state index is 0.371. The van der Waals surface area contributed by atoms with E-state index in [0.29, 0.717) is 18.1 Å². The van der Waals surface area contributed by atoms with Crippen LogP contribution in [0.15, 0.2) is 24.3 Å². The van der Waals surface area contributed by atoms with Gasteiger partial charge in [-0.25, -0.2) is 0 Å². The Morgan fingerprint density at radius 3 is 2.65 bits per heavy atom. The fourth-order valence-corrected chi connectivity index (χ4v) is 3.51. The second kappa shape index (κ2) is 6.93. The second-order valence-corrected chi connectivity index (χ2v) is 6.89. The van der Waals surface area contributed by atoms with Crippen molar-refractivity contribution >= 4 is 11.6 Å². The molecular weight excluding hydrogens is 268 g/mol. The van der Waals surface area contributed by atoms with Crippen LogP contribution >= 0.6 is 11.6 Å². The Kier molecular flexibility index (Phi) is 5.48. The van der Waals surface area contributed by atoms with Crippen molar-refractivity contribution in [1.82, 2.24) is 10.2 Å². The van der Waals surface area contributed by atoms with Gasteiger partial charge in [0.25, 0.3) is 0 Å². The van der Waals surface area contributed by atoms with Crippen molar-refractivity contribution in [2.75, 3.05) is 13.1 Å². The highest BCUT2D eigenvalue weighted by molar-refractivity contribution is 6.31. The molecule has 3 unspecified atom stereocenters. The molecule has 1 aliphatic rings. The Bertz CT molecular complexity index is 433. The van der Waals surface area contributed by atoms with E-state index in [4.69, 9.17) is 11.6 Å². The number of hydrogen-bond acceptors (Lipinski definition) is 2. The Morgan fingerprint density at radius 1 is 1.30 bits per heavy atom. The van der Waals surface area contributed by atoms with Gasteiger partial charge in [0.15, 0.2) is 0 Å². The molecule has 3 atom stereocenters. The number of hydrogen-bond donors (Lipinski definition) is 1. The number of nitrogens with zero attached hydrogens (tertiary/aromatic N) is 1. The summed E-state index contributed by atoms with van der Waals surface area (Å²) >= 11 is 6.36. The zero-order chi connectivity index (χ0) is 14.7. The third-order valence-electron chi connectivity index (χ3n) is 4.31. The smallest absolute Gasteiger partial charge is 0.0453 e. The van der Waals surface area contributed by atoms with E-state index in [9.17, 15) is 0 Å². The molecule has 0 amide bonds. The van der Waals surface area contributed by atoms with Crippen LogP contribution in [0.4, 0.5) is 0 Å². The molecule has 0 spiro atoms. The molecule has 1 fully saturated rings. The summed E-state index contributed by atoms with van der Waals surface area (Å²) in [6.07, 6.45) is 1.23. The molecule has 1 N–H and O–H groups in total. The number of rotatable bonds is 4. The minimum Gasteiger partial charge on any atom is -0.311 e. The Hall–Kier alpha value is -0.570. The maximum absolute atomic E-state index is 6.36. The summed E-state index contributed by atoms with van der Waals surface area (Å²) in [7, 11) is 0. The van der Waals surface area contributed by atoms with Gasteiger partial charge >= 0.3 is 0 Å². The van der Waals surface area contributed by atoms with Gasteiger partial charge in [0.1, 0.15) is 0 Å². The number of halogens is 1. The van der Waals surface area contributed by atoms with Crippen molar-refractivity contribution in [2.24, 2.45) is 5.92 Å². The highest BCUT2D eigenvalue weighted by Crippen LogP contribution is 2.30. The summed E-state index contributed by atoms with van der Waals surface area (Å²) < 4.78 is 0. The molecule has 0 saturated carbocycles.